The molecule has 0 aliphatic carbocycles. The Kier molecular flexibility index (Phi) is 5.88. The summed E-state index contributed by atoms with van der Waals surface area (Å²) in [6.45, 7) is 1.89. The lowest BCUT2D eigenvalue weighted by molar-refractivity contribution is -0.136. The van der Waals surface area contributed by atoms with E-state index >= 15 is 0 Å². The fourth-order valence-corrected chi connectivity index (χ4v) is 2.04. The Morgan fingerprint density at radius 2 is 1.57 bits per heavy atom. The molecule has 0 aromatic heterocycles. The highest BCUT2D eigenvalue weighted by Crippen LogP contribution is 2.20. The van der Waals surface area contributed by atoms with E-state index in [2.05, 4.69) is 10.6 Å². The number of rotatable bonds is 5. The van der Waals surface area contributed by atoms with Gasteiger partial charge in [0.05, 0.1) is 6.10 Å². The molecule has 3 N–H and O–H groups in total. The van der Waals surface area contributed by atoms with E-state index < -0.39 is 17.9 Å². The summed E-state index contributed by atoms with van der Waals surface area (Å²) < 4.78 is 0. The zero-order valence-corrected chi connectivity index (χ0v) is 13.0. The molecule has 0 spiro atoms. The molecule has 0 heterocycles. The minimum Gasteiger partial charge on any atom is -0.393 e. The van der Waals surface area contributed by atoms with Gasteiger partial charge in [-0.2, -0.15) is 0 Å². The Morgan fingerprint density at radius 1 is 0.957 bits per heavy atom. The number of nitrogens with one attached hydrogen (secondary N) is 2. The van der Waals surface area contributed by atoms with Gasteiger partial charge in [0, 0.05) is 12.2 Å². The van der Waals surface area contributed by atoms with Crippen LogP contribution in [0.3, 0.4) is 0 Å². The molecule has 5 nitrogen and oxygen atoms in total. The lowest BCUT2D eigenvalue weighted by Crippen LogP contribution is -2.36. The SMILES string of the molecule is CC(O)CCNC(=O)C(=O)Nc1ccc(-c2ccccc2)cc1. The van der Waals surface area contributed by atoms with E-state index in [9.17, 15) is 9.59 Å². The van der Waals surface area contributed by atoms with Crippen LogP contribution in [0.1, 0.15) is 13.3 Å². The van der Waals surface area contributed by atoms with E-state index in [1.807, 2.05) is 42.5 Å². The van der Waals surface area contributed by atoms with Crippen molar-refractivity contribution in [1.82, 2.24) is 5.32 Å². The lowest BCUT2D eigenvalue weighted by Gasteiger charge is -2.08. The fraction of sp³-hybridized carbons (Fsp3) is 0.222. The number of aliphatic hydroxyl groups excluding tert-OH is 1. The van der Waals surface area contributed by atoms with Gasteiger partial charge < -0.3 is 15.7 Å². The lowest BCUT2D eigenvalue weighted by atomic mass is 10.1. The first-order valence-corrected chi connectivity index (χ1v) is 7.49. The van der Waals surface area contributed by atoms with E-state index in [0.29, 0.717) is 12.1 Å². The van der Waals surface area contributed by atoms with Gasteiger partial charge in [0.2, 0.25) is 0 Å². The van der Waals surface area contributed by atoms with Crippen LogP contribution >= 0.6 is 0 Å². The van der Waals surface area contributed by atoms with Crippen molar-refractivity contribution in [3.8, 4) is 11.1 Å². The van der Waals surface area contributed by atoms with Crippen LogP contribution in [0, 0.1) is 0 Å². The Bertz CT molecular complexity index is 652. The van der Waals surface area contributed by atoms with Crippen LogP contribution in [-0.2, 0) is 9.59 Å². The van der Waals surface area contributed by atoms with E-state index in [0.717, 1.165) is 11.1 Å². The maximum Gasteiger partial charge on any atom is 0.313 e. The van der Waals surface area contributed by atoms with Gasteiger partial charge in [-0.05, 0) is 36.6 Å². The highest BCUT2D eigenvalue weighted by Gasteiger charge is 2.13. The van der Waals surface area contributed by atoms with E-state index in [-0.39, 0.29) is 6.54 Å². The number of hydrogen-bond acceptors (Lipinski definition) is 3. The quantitative estimate of drug-likeness (QED) is 0.741. The van der Waals surface area contributed by atoms with Crippen molar-refractivity contribution in [1.29, 1.82) is 0 Å². The summed E-state index contributed by atoms with van der Waals surface area (Å²) in [5, 5.41) is 14.1. The molecule has 0 bridgehead atoms. The first kappa shape index (κ1) is 16.7. The van der Waals surface area contributed by atoms with Crippen LogP contribution < -0.4 is 10.6 Å². The largest absolute Gasteiger partial charge is 0.393 e. The molecule has 5 heteroatoms. The van der Waals surface area contributed by atoms with Gasteiger partial charge in [0.15, 0.2) is 0 Å². The van der Waals surface area contributed by atoms with Gasteiger partial charge in [-0.25, -0.2) is 0 Å². The highest BCUT2D eigenvalue weighted by atomic mass is 16.3. The Morgan fingerprint density at radius 3 is 2.17 bits per heavy atom. The summed E-state index contributed by atoms with van der Waals surface area (Å²) in [6, 6.07) is 17.2. The molecule has 0 aliphatic rings. The molecule has 2 aromatic carbocycles. The van der Waals surface area contributed by atoms with Crippen molar-refractivity contribution in [3.63, 3.8) is 0 Å². The number of benzene rings is 2. The number of hydrogen-bond donors (Lipinski definition) is 3. The molecule has 0 aliphatic heterocycles. The number of carbonyl (C=O) groups excluding carboxylic acids is 2. The Balaban J connectivity index is 1.90. The van der Waals surface area contributed by atoms with Gasteiger partial charge in [-0.1, -0.05) is 42.5 Å². The van der Waals surface area contributed by atoms with E-state index in [4.69, 9.17) is 5.11 Å². The van der Waals surface area contributed by atoms with Gasteiger partial charge in [0.1, 0.15) is 0 Å². The van der Waals surface area contributed by atoms with Crippen LogP contribution in [0.2, 0.25) is 0 Å². The molecule has 0 fully saturated rings. The van der Waals surface area contributed by atoms with Crippen LogP contribution in [0.5, 0.6) is 0 Å². The molecule has 2 aromatic rings. The second-order valence-corrected chi connectivity index (χ2v) is 5.29. The molecule has 2 amide bonds. The maximum absolute atomic E-state index is 11.8. The first-order chi connectivity index (χ1) is 11.1. The standard InChI is InChI=1S/C18H20N2O3/c1-13(21)11-12-19-17(22)18(23)20-16-9-7-15(8-10-16)14-5-3-2-4-6-14/h2-10,13,21H,11-12H2,1H3,(H,19,22)(H,20,23). The van der Waals surface area contributed by atoms with E-state index in [1.165, 1.54) is 0 Å². The monoisotopic (exact) mass is 312 g/mol. The number of amides is 2. The second-order valence-electron chi connectivity index (χ2n) is 5.29. The van der Waals surface area contributed by atoms with Crippen molar-refractivity contribution in [2.75, 3.05) is 11.9 Å². The average Bonchev–Trinajstić information content (AvgIpc) is 2.56. The predicted octanol–water partition coefficient (Wildman–Crippen LogP) is 2.18. The third-order valence-corrected chi connectivity index (χ3v) is 3.30. The van der Waals surface area contributed by atoms with Crippen molar-refractivity contribution in [3.05, 3.63) is 54.6 Å². The van der Waals surface area contributed by atoms with Crippen LogP contribution in [-0.4, -0.2) is 29.6 Å². The molecule has 1 atom stereocenters. The van der Waals surface area contributed by atoms with Gasteiger partial charge in [-0.3, -0.25) is 9.59 Å². The van der Waals surface area contributed by atoms with Crippen molar-refractivity contribution < 1.29 is 14.7 Å². The summed E-state index contributed by atoms with van der Waals surface area (Å²) in [5.41, 5.74) is 2.67. The number of anilines is 1. The molecule has 23 heavy (non-hydrogen) atoms. The van der Waals surface area contributed by atoms with Gasteiger partial charge >= 0.3 is 11.8 Å². The zero-order chi connectivity index (χ0) is 16.7. The van der Waals surface area contributed by atoms with Gasteiger partial charge in [0.25, 0.3) is 0 Å². The predicted molar refractivity (Wildman–Crippen MR) is 89.8 cm³/mol. The second kappa shape index (κ2) is 8.10. The number of carbonyl (C=O) groups is 2. The zero-order valence-electron chi connectivity index (χ0n) is 13.0. The molecule has 0 saturated carbocycles. The molecular formula is C18H20N2O3. The maximum atomic E-state index is 11.8. The Hall–Kier alpha value is -2.66. The summed E-state index contributed by atoms with van der Waals surface area (Å²) in [5.74, 6) is -1.43. The summed E-state index contributed by atoms with van der Waals surface area (Å²) in [7, 11) is 0. The summed E-state index contributed by atoms with van der Waals surface area (Å²) >= 11 is 0. The number of aliphatic hydroxyl groups is 1. The smallest absolute Gasteiger partial charge is 0.313 e. The normalized spacial score (nSPS) is 11.6. The average molecular weight is 312 g/mol. The van der Waals surface area contributed by atoms with E-state index in [1.54, 1.807) is 19.1 Å². The third-order valence-electron chi connectivity index (χ3n) is 3.30. The minimum atomic E-state index is -0.719. The molecular weight excluding hydrogens is 292 g/mol. The molecule has 2 rings (SSSR count). The van der Waals surface area contributed by atoms with Gasteiger partial charge in [-0.15, -0.1) is 0 Å². The molecule has 0 radical (unpaired) electrons. The highest BCUT2D eigenvalue weighted by molar-refractivity contribution is 6.39. The minimum absolute atomic E-state index is 0.261. The molecule has 1 unspecified atom stereocenters. The van der Waals surface area contributed by atoms with Crippen molar-refractivity contribution >= 4 is 17.5 Å². The summed E-state index contributed by atoms with van der Waals surface area (Å²) in [4.78, 5) is 23.4. The topological polar surface area (TPSA) is 78.4 Å². The third kappa shape index (κ3) is 5.23. The van der Waals surface area contributed by atoms with Crippen molar-refractivity contribution in [2.24, 2.45) is 0 Å². The van der Waals surface area contributed by atoms with Crippen LogP contribution in [0.15, 0.2) is 54.6 Å². The summed E-state index contributed by atoms with van der Waals surface area (Å²) in [6.07, 6.45) is -0.103. The van der Waals surface area contributed by atoms with Crippen LogP contribution in [0.4, 0.5) is 5.69 Å². The first-order valence-electron chi connectivity index (χ1n) is 7.49. The van der Waals surface area contributed by atoms with Crippen molar-refractivity contribution in [2.45, 2.75) is 19.4 Å². The Labute approximate surface area is 135 Å². The fourth-order valence-electron chi connectivity index (χ4n) is 2.04. The van der Waals surface area contributed by atoms with Crippen LogP contribution in [0.25, 0.3) is 11.1 Å². The molecule has 120 valence electrons. The molecule has 0 saturated heterocycles.